The van der Waals surface area contributed by atoms with Crippen LogP contribution in [0.15, 0.2) is 35.1 Å². The maximum absolute atomic E-state index is 12.4. The van der Waals surface area contributed by atoms with Crippen LogP contribution in [0.4, 0.5) is 11.4 Å². The number of hydrogen-bond acceptors (Lipinski definition) is 3. The van der Waals surface area contributed by atoms with Crippen LogP contribution >= 0.6 is 15.9 Å². The van der Waals surface area contributed by atoms with E-state index in [1.807, 2.05) is 31.2 Å². The van der Waals surface area contributed by atoms with Gasteiger partial charge >= 0.3 is 0 Å². The number of anilines is 2. The number of rotatable bonds is 2. The van der Waals surface area contributed by atoms with Gasteiger partial charge in [0.25, 0.3) is 0 Å². The first-order valence-electron chi connectivity index (χ1n) is 6.02. The number of nitrogens with one attached hydrogen (secondary N) is 3. The molecule has 0 spiro atoms. The summed E-state index contributed by atoms with van der Waals surface area (Å²) in [6, 6.07) is 7.97. The zero-order valence-electron chi connectivity index (χ0n) is 10.3. The van der Waals surface area contributed by atoms with Gasteiger partial charge in [0.2, 0.25) is 5.91 Å². The molecule has 3 rings (SSSR count). The van der Waals surface area contributed by atoms with E-state index in [-0.39, 0.29) is 17.9 Å². The van der Waals surface area contributed by atoms with Crippen LogP contribution in [0.5, 0.6) is 0 Å². The summed E-state index contributed by atoms with van der Waals surface area (Å²) < 4.78 is 0.674. The Labute approximate surface area is 118 Å². The number of H-pyrrole nitrogens is 1. The lowest BCUT2D eigenvalue weighted by molar-refractivity contribution is -0.117. The molecule has 0 saturated heterocycles. The lowest BCUT2D eigenvalue weighted by Crippen LogP contribution is -2.28. The van der Waals surface area contributed by atoms with Crippen LogP contribution in [-0.4, -0.2) is 22.1 Å². The molecular formula is C13H13BrN4O. The van der Waals surface area contributed by atoms with Gasteiger partial charge in [-0.3, -0.25) is 9.89 Å². The normalized spacial score (nSPS) is 20.7. The van der Waals surface area contributed by atoms with Crippen LogP contribution in [0.2, 0.25) is 0 Å². The standard InChI is InChI=1S/C13H13BrN4O/c1-7-11(8-4-2-3-5-9(8)16-7)13(19)17-10-6-15-18-12(10)14/h2-7,11,16H,1H3,(H,15,18)(H,17,19). The maximum Gasteiger partial charge on any atom is 0.234 e. The Morgan fingerprint density at radius 3 is 2.95 bits per heavy atom. The molecule has 0 aliphatic carbocycles. The third-order valence-electron chi connectivity index (χ3n) is 3.31. The van der Waals surface area contributed by atoms with Crippen molar-refractivity contribution < 1.29 is 4.79 Å². The Morgan fingerprint density at radius 2 is 2.21 bits per heavy atom. The number of benzene rings is 1. The van der Waals surface area contributed by atoms with Gasteiger partial charge in [-0.25, -0.2) is 0 Å². The quantitative estimate of drug-likeness (QED) is 0.796. The van der Waals surface area contributed by atoms with Crippen molar-refractivity contribution in [3.05, 3.63) is 40.6 Å². The smallest absolute Gasteiger partial charge is 0.234 e. The van der Waals surface area contributed by atoms with Crippen LogP contribution in [0.1, 0.15) is 18.4 Å². The average molecular weight is 321 g/mol. The van der Waals surface area contributed by atoms with Crippen LogP contribution in [0.25, 0.3) is 0 Å². The molecule has 0 radical (unpaired) electrons. The van der Waals surface area contributed by atoms with Crippen LogP contribution in [0, 0.1) is 0 Å². The molecule has 0 bridgehead atoms. The molecule has 0 fully saturated rings. The molecule has 1 aliphatic heterocycles. The highest BCUT2D eigenvalue weighted by molar-refractivity contribution is 9.10. The number of halogens is 1. The fourth-order valence-corrected chi connectivity index (χ4v) is 2.74. The number of carbonyl (C=O) groups excluding carboxylic acids is 1. The minimum absolute atomic E-state index is 0.0351. The Balaban J connectivity index is 1.86. The average Bonchev–Trinajstić information content (AvgIpc) is 2.92. The summed E-state index contributed by atoms with van der Waals surface area (Å²) in [5, 5.41) is 12.8. The summed E-state index contributed by atoms with van der Waals surface area (Å²) >= 11 is 3.30. The fourth-order valence-electron chi connectivity index (χ4n) is 2.43. The number of aromatic nitrogens is 2. The second-order valence-corrected chi connectivity index (χ2v) is 5.38. The number of amides is 1. The molecule has 2 atom stereocenters. The molecule has 3 N–H and O–H groups in total. The minimum atomic E-state index is -0.196. The van der Waals surface area contributed by atoms with Crippen molar-refractivity contribution >= 4 is 33.2 Å². The van der Waals surface area contributed by atoms with Crippen LogP contribution in [-0.2, 0) is 4.79 Å². The summed E-state index contributed by atoms with van der Waals surface area (Å²) in [4.78, 5) is 12.4. The second-order valence-electron chi connectivity index (χ2n) is 4.58. The molecule has 1 amide bonds. The molecule has 0 saturated carbocycles. The molecule has 98 valence electrons. The molecule has 2 aromatic rings. The van der Waals surface area contributed by atoms with E-state index in [9.17, 15) is 4.79 Å². The first kappa shape index (κ1) is 12.2. The highest BCUT2D eigenvalue weighted by Gasteiger charge is 2.34. The predicted molar refractivity (Wildman–Crippen MR) is 77.2 cm³/mol. The molecular weight excluding hydrogens is 308 g/mol. The molecule has 5 nitrogen and oxygen atoms in total. The number of para-hydroxylation sites is 1. The maximum atomic E-state index is 12.4. The van der Waals surface area contributed by atoms with E-state index in [1.54, 1.807) is 6.20 Å². The van der Waals surface area contributed by atoms with Gasteiger partial charge in [0, 0.05) is 11.7 Å². The molecule has 2 unspecified atom stereocenters. The Kier molecular flexibility index (Phi) is 3.02. The Hall–Kier alpha value is -1.82. The number of aromatic amines is 1. The molecule has 1 aliphatic rings. The van der Waals surface area contributed by atoms with Crippen molar-refractivity contribution in [2.24, 2.45) is 0 Å². The van der Waals surface area contributed by atoms with Crippen LogP contribution < -0.4 is 10.6 Å². The minimum Gasteiger partial charge on any atom is -0.381 e. The number of nitrogens with zero attached hydrogens (tertiary/aromatic N) is 1. The second kappa shape index (κ2) is 4.70. The van der Waals surface area contributed by atoms with Crippen molar-refractivity contribution in [2.75, 3.05) is 10.6 Å². The zero-order chi connectivity index (χ0) is 13.4. The van der Waals surface area contributed by atoms with Crippen LogP contribution in [0.3, 0.4) is 0 Å². The van der Waals surface area contributed by atoms with Gasteiger partial charge in [-0.15, -0.1) is 0 Å². The lowest BCUT2D eigenvalue weighted by atomic mass is 9.95. The van der Waals surface area contributed by atoms with Crippen molar-refractivity contribution in [2.45, 2.75) is 18.9 Å². The summed E-state index contributed by atoms with van der Waals surface area (Å²) in [5.41, 5.74) is 2.72. The zero-order valence-corrected chi connectivity index (χ0v) is 11.9. The summed E-state index contributed by atoms with van der Waals surface area (Å²) in [5.74, 6) is -0.231. The molecule has 2 heterocycles. The van der Waals surface area contributed by atoms with Gasteiger partial charge in [0.1, 0.15) is 4.60 Å². The number of carbonyl (C=O) groups is 1. The number of fused-ring (bicyclic) bond motifs is 1. The Bertz CT molecular complexity index is 625. The van der Waals surface area contributed by atoms with Gasteiger partial charge < -0.3 is 10.6 Å². The summed E-state index contributed by atoms with van der Waals surface area (Å²) in [6.07, 6.45) is 1.58. The highest BCUT2D eigenvalue weighted by Crippen LogP contribution is 2.36. The topological polar surface area (TPSA) is 69.8 Å². The third kappa shape index (κ3) is 2.12. The van der Waals surface area contributed by atoms with E-state index < -0.39 is 0 Å². The molecule has 1 aromatic carbocycles. The summed E-state index contributed by atoms with van der Waals surface area (Å²) in [6.45, 7) is 2.01. The van der Waals surface area contributed by atoms with Gasteiger partial charge in [-0.1, -0.05) is 18.2 Å². The SMILES string of the molecule is CC1Nc2ccccc2C1C(=O)Nc1cn[nH]c1Br. The molecule has 6 heteroatoms. The first-order chi connectivity index (χ1) is 9.16. The van der Waals surface area contributed by atoms with E-state index in [4.69, 9.17) is 0 Å². The van der Waals surface area contributed by atoms with E-state index in [1.165, 1.54) is 0 Å². The van der Waals surface area contributed by atoms with E-state index >= 15 is 0 Å². The van der Waals surface area contributed by atoms with Crippen molar-refractivity contribution in [1.82, 2.24) is 10.2 Å². The highest BCUT2D eigenvalue weighted by atomic mass is 79.9. The van der Waals surface area contributed by atoms with E-state index in [0.29, 0.717) is 10.3 Å². The van der Waals surface area contributed by atoms with Crippen molar-refractivity contribution in [3.8, 4) is 0 Å². The molecule has 1 aromatic heterocycles. The molecule has 19 heavy (non-hydrogen) atoms. The lowest BCUT2D eigenvalue weighted by Gasteiger charge is -2.15. The largest absolute Gasteiger partial charge is 0.381 e. The van der Waals surface area contributed by atoms with E-state index in [2.05, 4.69) is 36.8 Å². The predicted octanol–water partition coefficient (Wildman–Crippen LogP) is 2.71. The van der Waals surface area contributed by atoms with Gasteiger partial charge in [0.15, 0.2) is 0 Å². The van der Waals surface area contributed by atoms with Gasteiger partial charge in [0.05, 0.1) is 17.8 Å². The third-order valence-corrected chi connectivity index (χ3v) is 3.92. The van der Waals surface area contributed by atoms with Crippen molar-refractivity contribution in [1.29, 1.82) is 0 Å². The van der Waals surface area contributed by atoms with E-state index in [0.717, 1.165) is 11.3 Å². The first-order valence-corrected chi connectivity index (χ1v) is 6.81. The Morgan fingerprint density at radius 1 is 1.42 bits per heavy atom. The summed E-state index contributed by atoms with van der Waals surface area (Å²) in [7, 11) is 0. The van der Waals surface area contributed by atoms with Crippen molar-refractivity contribution in [3.63, 3.8) is 0 Å². The van der Waals surface area contributed by atoms with Gasteiger partial charge in [-0.2, -0.15) is 5.10 Å². The fraction of sp³-hybridized carbons (Fsp3) is 0.231. The number of hydrogen-bond donors (Lipinski definition) is 3. The van der Waals surface area contributed by atoms with Gasteiger partial charge in [-0.05, 0) is 34.5 Å². The monoisotopic (exact) mass is 320 g/mol.